The van der Waals surface area contributed by atoms with Gasteiger partial charge >= 0.3 is 0 Å². The Hall–Kier alpha value is -2.32. The number of nitro groups is 1. The van der Waals surface area contributed by atoms with Crippen LogP contribution in [0.4, 0.5) is 5.69 Å². The summed E-state index contributed by atoms with van der Waals surface area (Å²) >= 11 is 1.40. The predicted molar refractivity (Wildman–Crippen MR) is 84.0 cm³/mol. The third kappa shape index (κ3) is 4.09. The van der Waals surface area contributed by atoms with Gasteiger partial charge in [-0.05, 0) is 13.0 Å². The monoisotopic (exact) mass is 320 g/mol. The summed E-state index contributed by atoms with van der Waals surface area (Å²) in [5.41, 5.74) is 6.46. The Morgan fingerprint density at radius 1 is 1.36 bits per heavy atom. The van der Waals surface area contributed by atoms with Crippen LogP contribution in [-0.2, 0) is 12.8 Å². The van der Waals surface area contributed by atoms with Crippen molar-refractivity contribution < 1.29 is 9.72 Å². The quantitative estimate of drug-likeness (QED) is 0.593. The van der Waals surface area contributed by atoms with Crippen LogP contribution in [0.3, 0.4) is 0 Å². The molecule has 1 aromatic heterocycles. The normalized spacial score (nSPS) is 10.4. The molecule has 0 spiro atoms. The molecular weight excluding hydrogens is 304 g/mol. The Morgan fingerprint density at radius 3 is 2.86 bits per heavy atom. The van der Waals surface area contributed by atoms with Gasteiger partial charge in [0, 0.05) is 30.0 Å². The summed E-state index contributed by atoms with van der Waals surface area (Å²) in [7, 11) is 0. The van der Waals surface area contributed by atoms with Crippen molar-refractivity contribution in [1.82, 2.24) is 10.3 Å². The highest BCUT2D eigenvalue weighted by molar-refractivity contribution is 7.09. The zero-order valence-electron chi connectivity index (χ0n) is 11.8. The number of carbonyl (C=O) groups is 1. The van der Waals surface area contributed by atoms with Crippen LogP contribution in [0.25, 0.3) is 0 Å². The topological polar surface area (TPSA) is 111 Å². The molecule has 1 heterocycles. The maximum atomic E-state index is 11.9. The zero-order valence-corrected chi connectivity index (χ0v) is 12.6. The smallest absolute Gasteiger partial charge is 0.272 e. The lowest BCUT2D eigenvalue weighted by Crippen LogP contribution is -2.26. The number of benzene rings is 1. The van der Waals surface area contributed by atoms with Crippen molar-refractivity contribution in [3.63, 3.8) is 0 Å². The SMILES string of the molecule is NCCc1nc(C(=O)NCCc2ccccc2[N+](=O)[O-])cs1. The Balaban J connectivity index is 1.90. The number of nitrogens with one attached hydrogen (secondary N) is 1. The van der Waals surface area contributed by atoms with Crippen molar-refractivity contribution in [2.24, 2.45) is 5.73 Å². The van der Waals surface area contributed by atoms with Crippen LogP contribution >= 0.6 is 11.3 Å². The number of hydrogen-bond donors (Lipinski definition) is 2. The van der Waals surface area contributed by atoms with Crippen LogP contribution in [0.15, 0.2) is 29.6 Å². The van der Waals surface area contributed by atoms with E-state index in [9.17, 15) is 14.9 Å². The second-order valence-corrected chi connectivity index (χ2v) is 5.50. The minimum Gasteiger partial charge on any atom is -0.350 e. The fourth-order valence-corrected chi connectivity index (χ4v) is 2.75. The highest BCUT2D eigenvalue weighted by atomic mass is 32.1. The number of nitrogens with two attached hydrogens (primary N) is 1. The molecule has 0 aliphatic carbocycles. The van der Waals surface area contributed by atoms with Crippen molar-refractivity contribution in [3.8, 4) is 0 Å². The van der Waals surface area contributed by atoms with Gasteiger partial charge in [0.1, 0.15) is 5.69 Å². The lowest BCUT2D eigenvalue weighted by molar-refractivity contribution is -0.385. The molecule has 0 saturated heterocycles. The highest BCUT2D eigenvalue weighted by Crippen LogP contribution is 2.17. The number of nitrogens with zero attached hydrogens (tertiary/aromatic N) is 2. The van der Waals surface area contributed by atoms with Crippen molar-refractivity contribution in [3.05, 3.63) is 56.0 Å². The molecule has 3 N–H and O–H groups in total. The first-order chi connectivity index (χ1) is 10.6. The third-order valence-corrected chi connectivity index (χ3v) is 3.92. The van der Waals surface area contributed by atoms with Gasteiger partial charge < -0.3 is 11.1 Å². The molecule has 1 aromatic carbocycles. The number of carbonyl (C=O) groups excluding carboxylic acids is 1. The van der Waals surface area contributed by atoms with Gasteiger partial charge in [0.25, 0.3) is 11.6 Å². The van der Waals surface area contributed by atoms with Crippen molar-refractivity contribution >= 4 is 22.9 Å². The van der Waals surface area contributed by atoms with E-state index >= 15 is 0 Å². The number of amides is 1. The second kappa shape index (κ2) is 7.62. The minimum atomic E-state index is -0.420. The largest absolute Gasteiger partial charge is 0.350 e. The Bertz CT molecular complexity index is 672. The fourth-order valence-electron chi connectivity index (χ4n) is 1.96. The van der Waals surface area contributed by atoms with Crippen LogP contribution in [0, 0.1) is 10.1 Å². The summed E-state index contributed by atoms with van der Waals surface area (Å²) < 4.78 is 0. The molecule has 2 rings (SSSR count). The lowest BCUT2D eigenvalue weighted by Gasteiger charge is -2.04. The van der Waals surface area contributed by atoms with Crippen LogP contribution in [0.1, 0.15) is 21.1 Å². The molecule has 0 aliphatic heterocycles. The van der Waals surface area contributed by atoms with Gasteiger partial charge in [0.05, 0.1) is 9.93 Å². The molecular formula is C14H16N4O3S. The van der Waals surface area contributed by atoms with E-state index in [4.69, 9.17) is 5.73 Å². The fraction of sp³-hybridized carbons (Fsp3) is 0.286. The van der Waals surface area contributed by atoms with Gasteiger partial charge in [0.15, 0.2) is 0 Å². The van der Waals surface area contributed by atoms with E-state index in [1.165, 1.54) is 17.4 Å². The standard InChI is InChI=1S/C14H16N4O3S/c15-7-5-13-17-11(9-22-13)14(19)16-8-6-10-3-1-2-4-12(10)18(20)21/h1-4,9H,5-8,15H2,(H,16,19). The molecule has 0 unspecified atom stereocenters. The molecule has 1 amide bonds. The molecule has 0 aliphatic rings. The molecule has 0 fully saturated rings. The summed E-state index contributed by atoms with van der Waals surface area (Å²) in [6, 6.07) is 6.50. The highest BCUT2D eigenvalue weighted by Gasteiger charge is 2.13. The first-order valence-electron chi connectivity index (χ1n) is 6.76. The number of para-hydroxylation sites is 1. The molecule has 0 bridgehead atoms. The number of thiazole rings is 1. The van der Waals surface area contributed by atoms with Crippen LogP contribution < -0.4 is 11.1 Å². The second-order valence-electron chi connectivity index (χ2n) is 4.56. The van der Waals surface area contributed by atoms with Gasteiger partial charge in [-0.2, -0.15) is 0 Å². The maximum Gasteiger partial charge on any atom is 0.272 e. The number of nitro benzene ring substituents is 1. The molecule has 116 valence electrons. The van der Waals surface area contributed by atoms with Crippen LogP contribution in [0.5, 0.6) is 0 Å². The van der Waals surface area contributed by atoms with E-state index in [0.29, 0.717) is 37.2 Å². The van der Waals surface area contributed by atoms with E-state index < -0.39 is 4.92 Å². The summed E-state index contributed by atoms with van der Waals surface area (Å²) in [6.07, 6.45) is 1.04. The molecule has 0 radical (unpaired) electrons. The Kier molecular flexibility index (Phi) is 5.56. The van der Waals surface area contributed by atoms with Gasteiger partial charge in [-0.1, -0.05) is 18.2 Å². The maximum absolute atomic E-state index is 11.9. The van der Waals surface area contributed by atoms with Gasteiger partial charge in [-0.3, -0.25) is 14.9 Å². The molecule has 0 saturated carbocycles. The average molecular weight is 320 g/mol. The summed E-state index contributed by atoms with van der Waals surface area (Å²) in [6.45, 7) is 0.805. The van der Waals surface area contributed by atoms with Crippen LogP contribution in [-0.4, -0.2) is 28.9 Å². The predicted octanol–water partition coefficient (Wildman–Crippen LogP) is 1.53. The first kappa shape index (κ1) is 16.1. The summed E-state index contributed by atoms with van der Waals surface area (Å²) in [5.74, 6) is -0.280. The average Bonchev–Trinajstić information content (AvgIpc) is 2.96. The minimum absolute atomic E-state index is 0.0654. The molecule has 2 aromatic rings. The first-order valence-corrected chi connectivity index (χ1v) is 7.64. The lowest BCUT2D eigenvalue weighted by atomic mass is 10.1. The number of rotatable bonds is 7. The summed E-state index contributed by atoms with van der Waals surface area (Å²) in [4.78, 5) is 26.6. The van der Waals surface area contributed by atoms with E-state index in [-0.39, 0.29) is 11.6 Å². The van der Waals surface area contributed by atoms with Gasteiger partial charge in [0.2, 0.25) is 0 Å². The van der Waals surface area contributed by atoms with Crippen molar-refractivity contribution in [2.75, 3.05) is 13.1 Å². The van der Waals surface area contributed by atoms with E-state index in [1.54, 1.807) is 23.6 Å². The Morgan fingerprint density at radius 2 is 2.14 bits per heavy atom. The summed E-state index contributed by atoms with van der Waals surface area (Å²) in [5, 5.41) is 16.1. The number of hydrogen-bond acceptors (Lipinski definition) is 6. The molecule has 7 nitrogen and oxygen atoms in total. The van der Waals surface area contributed by atoms with Crippen molar-refractivity contribution in [1.29, 1.82) is 0 Å². The zero-order chi connectivity index (χ0) is 15.9. The van der Waals surface area contributed by atoms with Crippen LogP contribution in [0.2, 0.25) is 0 Å². The Labute approximate surface area is 131 Å². The number of aromatic nitrogens is 1. The molecule has 8 heteroatoms. The van der Waals surface area contributed by atoms with Crippen molar-refractivity contribution in [2.45, 2.75) is 12.8 Å². The van der Waals surface area contributed by atoms with Gasteiger partial charge in [-0.25, -0.2) is 4.98 Å². The van der Waals surface area contributed by atoms with E-state index in [2.05, 4.69) is 10.3 Å². The van der Waals surface area contributed by atoms with Gasteiger partial charge in [-0.15, -0.1) is 11.3 Å². The third-order valence-electron chi connectivity index (χ3n) is 3.01. The van der Waals surface area contributed by atoms with E-state index in [0.717, 1.165) is 5.01 Å². The molecule has 0 atom stereocenters. The van der Waals surface area contributed by atoms with E-state index in [1.807, 2.05) is 0 Å². The molecule has 22 heavy (non-hydrogen) atoms.